The second-order valence-electron chi connectivity index (χ2n) is 4.50. The molecular weight excluding hydrogens is 321 g/mol. The third-order valence-electron chi connectivity index (χ3n) is 3.17. The number of alkyl halides is 1. The van der Waals surface area contributed by atoms with Gasteiger partial charge in [0.2, 0.25) is 0 Å². The second kappa shape index (κ2) is 6.02. The lowest BCUT2D eigenvalue weighted by atomic mass is 9.95. The van der Waals surface area contributed by atoms with E-state index in [0.717, 1.165) is 31.7 Å². The van der Waals surface area contributed by atoms with Gasteiger partial charge in [-0.2, -0.15) is 0 Å². The largest absolute Gasteiger partial charge is 0.348 e. The number of benzene rings is 1. The molecule has 1 aromatic carbocycles. The van der Waals surface area contributed by atoms with E-state index >= 15 is 0 Å². The van der Waals surface area contributed by atoms with E-state index in [1.165, 1.54) is 12.1 Å². The first-order valence-corrected chi connectivity index (χ1v) is 7.27. The Balaban J connectivity index is 2.07. The maximum Gasteiger partial charge on any atom is 0.254 e. The highest BCUT2D eigenvalue weighted by Gasteiger charge is 2.25. The van der Waals surface area contributed by atoms with Crippen LogP contribution in [0.2, 0.25) is 5.02 Å². The Morgan fingerprint density at radius 3 is 2.78 bits per heavy atom. The van der Waals surface area contributed by atoms with Gasteiger partial charge in [-0.05, 0) is 31.0 Å². The van der Waals surface area contributed by atoms with Crippen molar-refractivity contribution in [1.82, 2.24) is 5.32 Å². The third kappa shape index (κ3) is 3.23. The molecule has 1 amide bonds. The first-order valence-electron chi connectivity index (χ1n) is 5.98. The van der Waals surface area contributed by atoms with E-state index in [1.54, 1.807) is 0 Å². The maximum atomic E-state index is 13.6. The molecule has 5 heteroatoms. The summed E-state index contributed by atoms with van der Waals surface area (Å²) >= 11 is 9.21. The molecule has 1 saturated carbocycles. The highest BCUT2D eigenvalue weighted by Crippen LogP contribution is 2.25. The fourth-order valence-electron chi connectivity index (χ4n) is 2.17. The fraction of sp³-hybridized carbons (Fsp3) is 0.462. The average Bonchev–Trinajstić information content (AvgIpc) is 2.32. The molecule has 2 atom stereocenters. The molecule has 98 valence electrons. The molecule has 1 aromatic rings. The van der Waals surface area contributed by atoms with Crippen LogP contribution in [0.4, 0.5) is 4.39 Å². The summed E-state index contributed by atoms with van der Waals surface area (Å²) in [5.41, 5.74) is 0.0460. The topological polar surface area (TPSA) is 29.1 Å². The van der Waals surface area contributed by atoms with E-state index in [9.17, 15) is 9.18 Å². The van der Waals surface area contributed by atoms with Gasteiger partial charge in [0.1, 0.15) is 5.82 Å². The van der Waals surface area contributed by atoms with Crippen LogP contribution in [0.1, 0.15) is 36.0 Å². The Morgan fingerprint density at radius 1 is 1.39 bits per heavy atom. The Kier molecular flexibility index (Phi) is 4.62. The smallest absolute Gasteiger partial charge is 0.254 e. The molecular formula is C13H14BrClFNO. The minimum Gasteiger partial charge on any atom is -0.348 e. The predicted molar refractivity (Wildman–Crippen MR) is 73.8 cm³/mol. The molecule has 2 unspecified atom stereocenters. The quantitative estimate of drug-likeness (QED) is 0.816. The number of halogens is 3. The van der Waals surface area contributed by atoms with Gasteiger partial charge in [-0.15, -0.1) is 0 Å². The lowest BCUT2D eigenvalue weighted by molar-refractivity contribution is 0.0926. The Morgan fingerprint density at radius 2 is 2.11 bits per heavy atom. The highest BCUT2D eigenvalue weighted by atomic mass is 79.9. The average molecular weight is 335 g/mol. The molecule has 0 radical (unpaired) electrons. The molecule has 0 heterocycles. The molecule has 1 aliphatic carbocycles. The van der Waals surface area contributed by atoms with Crippen LogP contribution in [-0.4, -0.2) is 16.8 Å². The minimum absolute atomic E-state index is 0.0460. The summed E-state index contributed by atoms with van der Waals surface area (Å²) in [6.07, 6.45) is 4.22. The maximum absolute atomic E-state index is 13.6. The fourth-order valence-corrected chi connectivity index (χ4v) is 3.05. The van der Waals surface area contributed by atoms with Gasteiger partial charge in [0.25, 0.3) is 5.91 Å². The van der Waals surface area contributed by atoms with Gasteiger partial charge in [-0.3, -0.25) is 4.79 Å². The first kappa shape index (κ1) is 13.8. The van der Waals surface area contributed by atoms with E-state index < -0.39 is 5.82 Å². The molecule has 1 fully saturated rings. The van der Waals surface area contributed by atoms with E-state index in [0.29, 0.717) is 5.02 Å². The van der Waals surface area contributed by atoms with Crippen molar-refractivity contribution < 1.29 is 9.18 Å². The summed E-state index contributed by atoms with van der Waals surface area (Å²) in [5, 5.41) is 3.17. The molecule has 0 bridgehead atoms. The molecule has 0 spiro atoms. The molecule has 1 N–H and O–H groups in total. The number of rotatable bonds is 2. The van der Waals surface area contributed by atoms with Gasteiger partial charge in [-0.1, -0.05) is 40.4 Å². The lowest BCUT2D eigenvalue weighted by Crippen LogP contribution is -2.42. The zero-order valence-electron chi connectivity index (χ0n) is 9.76. The van der Waals surface area contributed by atoms with Crippen molar-refractivity contribution in [2.45, 2.75) is 36.6 Å². The van der Waals surface area contributed by atoms with E-state index in [4.69, 9.17) is 11.6 Å². The van der Waals surface area contributed by atoms with Crippen molar-refractivity contribution in [2.75, 3.05) is 0 Å². The van der Waals surface area contributed by atoms with Crippen molar-refractivity contribution in [2.24, 2.45) is 0 Å². The van der Waals surface area contributed by atoms with Crippen molar-refractivity contribution in [1.29, 1.82) is 0 Å². The van der Waals surface area contributed by atoms with Crippen molar-refractivity contribution in [3.05, 3.63) is 34.6 Å². The summed E-state index contributed by atoms with van der Waals surface area (Å²) in [6, 6.07) is 4.16. The van der Waals surface area contributed by atoms with E-state index in [-0.39, 0.29) is 22.3 Å². The number of hydrogen-bond acceptors (Lipinski definition) is 1. The van der Waals surface area contributed by atoms with Crippen LogP contribution in [-0.2, 0) is 0 Å². The normalized spacial score (nSPS) is 23.7. The molecule has 0 aliphatic heterocycles. The van der Waals surface area contributed by atoms with Gasteiger partial charge in [0.15, 0.2) is 0 Å². The highest BCUT2D eigenvalue weighted by molar-refractivity contribution is 9.09. The Bertz CT molecular complexity index is 455. The third-order valence-corrected chi connectivity index (χ3v) is 4.50. The molecule has 0 saturated heterocycles. The van der Waals surface area contributed by atoms with E-state index in [1.807, 2.05) is 0 Å². The summed E-state index contributed by atoms with van der Waals surface area (Å²) in [7, 11) is 0. The standard InChI is InChI=1S/C13H14BrClFNO/c14-10-3-1-2-4-12(10)17-13(18)9-6-5-8(15)7-11(9)16/h5-7,10,12H,1-4H2,(H,17,18). The van der Waals surface area contributed by atoms with Crippen LogP contribution >= 0.6 is 27.5 Å². The molecule has 0 aromatic heterocycles. The number of hydrogen-bond donors (Lipinski definition) is 1. The van der Waals surface area contributed by atoms with Crippen LogP contribution < -0.4 is 5.32 Å². The molecule has 2 nitrogen and oxygen atoms in total. The van der Waals surface area contributed by atoms with Gasteiger partial charge in [-0.25, -0.2) is 4.39 Å². The van der Waals surface area contributed by atoms with E-state index in [2.05, 4.69) is 21.2 Å². The van der Waals surface area contributed by atoms with Gasteiger partial charge in [0, 0.05) is 15.9 Å². The Labute approximate surface area is 119 Å². The summed E-state index contributed by atoms with van der Waals surface area (Å²) in [4.78, 5) is 12.2. The number of carbonyl (C=O) groups is 1. The van der Waals surface area contributed by atoms with Crippen LogP contribution in [0.5, 0.6) is 0 Å². The zero-order valence-corrected chi connectivity index (χ0v) is 12.1. The van der Waals surface area contributed by atoms with Crippen molar-refractivity contribution in [3.63, 3.8) is 0 Å². The summed E-state index contributed by atoms with van der Waals surface area (Å²) < 4.78 is 13.6. The molecule has 2 rings (SSSR count). The minimum atomic E-state index is -0.582. The predicted octanol–water partition coefficient (Wildman–Crippen LogP) is 3.92. The van der Waals surface area contributed by atoms with Gasteiger partial charge < -0.3 is 5.32 Å². The van der Waals surface area contributed by atoms with Crippen LogP contribution in [0.15, 0.2) is 18.2 Å². The SMILES string of the molecule is O=C(NC1CCCCC1Br)c1ccc(Cl)cc1F. The summed E-state index contributed by atoms with van der Waals surface area (Å²) in [6.45, 7) is 0. The van der Waals surface area contributed by atoms with Gasteiger partial charge in [0.05, 0.1) is 5.56 Å². The second-order valence-corrected chi connectivity index (χ2v) is 6.12. The number of carbonyl (C=O) groups excluding carboxylic acids is 1. The molecule has 1 aliphatic rings. The lowest BCUT2D eigenvalue weighted by Gasteiger charge is -2.28. The number of amides is 1. The monoisotopic (exact) mass is 333 g/mol. The van der Waals surface area contributed by atoms with Gasteiger partial charge >= 0.3 is 0 Å². The van der Waals surface area contributed by atoms with Crippen molar-refractivity contribution >= 4 is 33.4 Å². The van der Waals surface area contributed by atoms with Crippen LogP contribution in [0.3, 0.4) is 0 Å². The number of nitrogens with one attached hydrogen (secondary N) is 1. The van der Waals surface area contributed by atoms with Crippen LogP contribution in [0, 0.1) is 5.82 Å². The van der Waals surface area contributed by atoms with Crippen LogP contribution in [0.25, 0.3) is 0 Å². The zero-order chi connectivity index (χ0) is 13.1. The summed E-state index contributed by atoms with van der Waals surface area (Å²) in [5.74, 6) is -0.956. The first-order chi connectivity index (χ1) is 8.58. The van der Waals surface area contributed by atoms with Crippen molar-refractivity contribution in [3.8, 4) is 0 Å². The molecule has 18 heavy (non-hydrogen) atoms. The Hall–Kier alpha value is -0.610.